The highest BCUT2D eigenvalue weighted by Crippen LogP contribution is 2.19. The Balaban J connectivity index is 1.86. The number of aromatic amines is 1. The second kappa shape index (κ2) is 6.72. The summed E-state index contributed by atoms with van der Waals surface area (Å²) >= 11 is 0. The van der Waals surface area contributed by atoms with Gasteiger partial charge in [0.1, 0.15) is 5.82 Å². The van der Waals surface area contributed by atoms with Crippen molar-refractivity contribution in [3.63, 3.8) is 0 Å². The quantitative estimate of drug-likeness (QED) is 0.858. The van der Waals surface area contributed by atoms with Crippen LogP contribution in [0.25, 0.3) is 10.9 Å². The normalized spacial score (nSPS) is 11.5. The molecule has 2 N–H and O–H groups in total. The molecular formula is C16H22FN3O. The first-order valence-corrected chi connectivity index (χ1v) is 7.20. The van der Waals surface area contributed by atoms with Crippen LogP contribution in [0.3, 0.4) is 0 Å². The van der Waals surface area contributed by atoms with E-state index in [4.69, 9.17) is 0 Å². The van der Waals surface area contributed by atoms with Crippen LogP contribution in [0.5, 0.6) is 0 Å². The van der Waals surface area contributed by atoms with E-state index in [0.29, 0.717) is 19.1 Å². The fourth-order valence-electron chi connectivity index (χ4n) is 2.17. The van der Waals surface area contributed by atoms with Crippen LogP contribution in [0.1, 0.15) is 19.4 Å². The molecule has 1 aromatic carbocycles. The van der Waals surface area contributed by atoms with Crippen molar-refractivity contribution >= 4 is 16.8 Å². The van der Waals surface area contributed by atoms with E-state index in [-0.39, 0.29) is 11.7 Å². The molecule has 0 bridgehead atoms. The molecule has 2 aromatic rings. The number of carbonyl (C=O) groups is 1. The summed E-state index contributed by atoms with van der Waals surface area (Å²) in [6.07, 6.45) is 2.60. The smallest absolute Gasteiger partial charge is 0.234 e. The van der Waals surface area contributed by atoms with Gasteiger partial charge in [-0.1, -0.05) is 0 Å². The highest BCUT2D eigenvalue weighted by molar-refractivity contribution is 5.83. The number of hydrogen-bond acceptors (Lipinski definition) is 2. The number of H-pyrrole nitrogens is 1. The molecule has 1 aromatic heterocycles. The number of nitrogens with zero attached hydrogens (tertiary/aromatic N) is 1. The van der Waals surface area contributed by atoms with Crippen molar-refractivity contribution in [1.29, 1.82) is 0 Å². The van der Waals surface area contributed by atoms with Gasteiger partial charge in [-0.05, 0) is 51.1 Å². The third-order valence-electron chi connectivity index (χ3n) is 3.72. The maximum atomic E-state index is 13.1. The van der Waals surface area contributed by atoms with Gasteiger partial charge in [0.15, 0.2) is 0 Å². The van der Waals surface area contributed by atoms with Crippen LogP contribution in [-0.2, 0) is 11.2 Å². The molecule has 0 spiro atoms. The zero-order valence-electron chi connectivity index (χ0n) is 12.7. The Hall–Kier alpha value is -1.88. The van der Waals surface area contributed by atoms with Crippen molar-refractivity contribution in [3.8, 4) is 0 Å². The first kappa shape index (κ1) is 15.5. The molecule has 0 aliphatic carbocycles. The number of nitrogens with one attached hydrogen (secondary N) is 2. The average molecular weight is 291 g/mol. The molecule has 0 atom stereocenters. The Morgan fingerprint density at radius 2 is 2.19 bits per heavy atom. The van der Waals surface area contributed by atoms with Crippen molar-refractivity contribution in [3.05, 3.63) is 35.8 Å². The standard InChI is InChI=1S/C16H22FN3O/c1-11(2)20(3)10-16(21)18-7-6-12-9-19-15-8-13(17)4-5-14(12)15/h4-5,8-9,11,19H,6-7,10H2,1-3H3,(H,18,21). The fraction of sp³-hybridized carbons (Fsp3) is 0.438. The van der Waals surface area contributed by atoms with Crippen LogP contribution < -0.4 is 5.32 Å². The zero-order chi connectivity index (χ0) is 15.4. The van der Waals surface area contributed by atoms with Gasteiger partial charge in [0.25, 0.3) is 0 Å². The number of likely N-dealkylation sites (N-methyl/N-ethyl adjacent to an activating group) is 1. The predicted octanol–water partition coefficient (Wildman–Crippen LogP) is 2.31. The van der Waals surface area contributed by atoms with Gasteiger partial charge in [0.05, 0.1) is 6.54 Å². The minimum atomic E-state index is -0.249. The van der Waals surface area contributed by atoms with Crippen LogP contribution in [0.4, 0.5) is 4.39 Å². The molecule has 4 nitrogen and oxygen atoms in total. The van der Waals surface area contributed by atoms with E-state index in [1.165, 1.54) is 12.1 Å². The Bertz CT molecular complexity index is 621. The van der Waals surface area contributed by atoms with Crippen molar-refractivity contribution < 1.29 is 9.18 Å². The number of aromatic nitrogens is 1. The largest absolute Gasteiger partial charge is 0.361 e. The van der Waals surface area contributed by atoms with E-state index in [0.717, 1.165) is 22.9 Å². The Kier molecular flexibility index (Phi) is 4.96. The number of rotatable bonds is 6. The molecule has 0 aliphatic heterocycles. The number of benzene rings is 1. The molecule has 114 valence electrons. The Labute approximate surface area is 124 Å². The summed E-state index contributed by atoms with van der Waals surface area (Å²) < 4.78 is 13.1. The van der Waals surface area contributed by atoms with Gasteiger partial charge in [0, 0.05) is 29.7 Å². The maximum Gasteiger partial charge on any atom is 0.234 e. The maximum absolute atomic E-state index is 13.1. The first-order chi connectivity index (χ1) is 9.97. The van der Waals surface area contributed by atoms with E-state index in [2.05, 4.69) is 24.1 Å². The van der Waals surface area contributed by atoms with Crippen LogP contribution in [0.2, 0.25) is 0 Å². The Morgan fingerprint density at radius 3 is 2.90 bits per heavy atom. The lowest BCUT2D eigenvalue weighted by Gasteiger charge is -2.20. The molecule has 1 heterocycles. The summed E-state index contributed by atoms with van der Waals surface area (Å²) in [6, 6.07) is 5.05. The van der Waals surface area contributed by atoms with Gasteiger partial charge in [-0.3, -0.25) is 9.69 Å². The lowest BCUT2D eigenvalue weighted by Crippen LogP contribution is -2.39. The third kappa shape index (κ3) is 4.04. The second-order valence-electron chi connectivity index (χ2n) is 5.61. The molecular weight excluding hydrogens is 269 g/mol. The van der Waals surface area contributed by atoms with Crippen LogP contribution in [0, 0.1) is 5.82 Å². The second-order valence-corrected chi connectivity index (χ2v) is 5.61. The van der Waals surface area contributed by atoms with E-state index in [9.17, 15) is 9.18 Å². The SMILES string of the molecule is CC(C)N(C)CC(=O)NCCc1c[nH]c2cc(F)ccc12. The predicted molar refractivity (Wildman–Crippen MR) is 82.7 cm³/mol. The highest BCUT2D eigenvalue weighted by atomic mass is 19.1. The van der Waals surface area contributed by atoms with Gasteiger partial charge < -0.3 is 10.3 Å². The van der Waals surface area contributed by atoms with Crippen LogP contribution in [0.15, 0.2) is 24.4 Å². The summed E-state index contributed by atoms with van der Waals surface area (Å²) in [6.45, 7) is 5.09. The molecule has 0 saturated heterocycles. The Morgan fingerprint density at radius 1 is 1.43 bits per heavy atom. The number of carbonyl (C=O) groups excluding carboxylic acids is 1. The molecule has 1 amide bonds. The molecule has 2 rings (SSSR count). The topological polar surface area (TPSA) is 48.1 Å². The van der Waals surface area contributed by atoms with E-state index < -0.39 is 0 Å². The van der Waals surface area contributed by atoms with Gasteiger partial charge >= 0.3 is 0 Å². The van der Waals surface area contributed by atoms with Gasteiger partial charge in [-0.15, -0.1) is 0 Å². The minimum Gasteiger partial charge on any atom is -0.361 e. The van der Waals surface area contributed by atoms with Crippen molar-refractivity contribution in [2.24, 2.45) is 0 Å². The molecule has 0 saturated carbocycles. The van der Waals surface area contributed by atoms with Gasteiger partial charge in [0.2, 0.25) is 5.91 Å². The molecule has 5 heteroatoms. The summed E-state index contributed by atoms with van der Waals surface area (Å²) in [5.41, 5.74) is 1.87. The fourth-order valence-corrected chi connectivity index (χ4v) is 2.17. The first-order valence-electron chi connectivity index (χ1n) is 7.20. The summed E-state index contributed by atoms with van der Waals surface area (Å²) in [4.78, 5) is 16.8. The molecule has 0 fully saturated rings. The van der Waals surface area contributed by atoms with E-state index >= 15 is 0 Å². The lowest BCUT2D eigenvalue weighted by atomic mass is 10.1. The monoisotopic (exact) mass is 291 g/mol. The average Bonchev–Trinajstić information content (AvgIpc) is 2.81. The van der Waals surface area contributed by atoms with E-state index in [1.807, 2.05) is 18.1 Å². The van der Waals surface area contributed by atoms with E-state index in [1.54, 1.807) is 6.07 Å². The number of hydrogen-bond donors (Lipinski definition) is 2. The number of halogens is 1. The third-order valence-corrected chi connectivity index (χ3v) is 3.72. The molecule has 0 radical (unpaired) electrons. The van der Waals surface area contributed by atoms with Crippen LogP contribution in [-0.4, -0.2) is 42.0 Å². The van der Waals surface area contributed by atoms with Crippen molar-refractivity contribution in [1.82, 2.24) is 15.2 Å². The van der Waals surface area contributed by atoms with Gasteiger partial charge in [-0.2, -0.15) is 0 Å². The van der Waals surface area contributed by atoms with Gasteiger partial charge in [-0.25, -0.2) is 4.39 Å². The number of fused-ring (bicyclic) bond motifs is 1. The lowest BCUT2D eigenvalue weighted by molar-refractivity contribution is -0.122. The van der Waals surface area contributed by atoms with Crippen LogP contribution >= 0.6 is 0 Å². The molecule has 0 unspecified atom stereocenters. The highest BCUT2D eigenvalue weighted by Gasteiger charge is 2.09. The van der Waals surface area contributed by atoms with Crippen molar-refractivity contribution in [2.75, 3.05) is 20.1 Å². The summed E-state index contributed by atoms with van der Waals surface area (Å²) in [5.74, 6) is -0.224. The van der Waals surface area contributed by atoms with Crippen molar-refractivity contribution in [2.45, 2.75) is 26.3 Å². The summed E-state index contributed by atoms with van der Waals surface area (Å²) in [5, 5.41) is 3.92. The number of amides is 1. The summed E-state index contributed by atoms with van der Waals surface area (Å²) in [7, 11) is 1.93. The molecule has 0 aliphatic rings. The molecule has 21 heavy (non-hydrogen) atoms. The minimum absolute atomic E-state index is 0.0251. The zero-order valence-corrected chi connectivity index (χ0v) is 12.7.